The van der Waals surface area contributed by atoms with Crippen molar-refractivity contribution in [1.82, 2.24) is 9.97 Å². The second-order valence-corrected chi connectivity index (χ2v) is 6.24. The third-order valence-corrected chi connectivity index (χ3v) is 4.24. The number of hydrogen-bond donors (Lipinski definition) is 2. The van der Waals surface area contributed by atoms with Gasteiger partial charge in [-0.2, -0.15) is 9.97 Å². The number of fused-ring (bicyclic) bond motifs is 2. The lowest BCUT2D eigenvalue weighted by molar-refractivity contribution is 0.597. The number of anilines is 2. The molecular weight excluding hydrogens is 328 g/mol. The Morgan fingerprint density at radius 2 is 1.08 bits per heavy atom. The average molecular weight is 350 g/mol. The first-order chi connectivity index (χ1) is 12.9. The Morgan fingerprint density at radius 3 is 1.54 bits per heavy atom. The average Bonchev–Trinajstić information content (AvgIpc) is 3.26. The van der Waals surface area contributed by atoms with Crippen molar-refractivity contribution in [2.24, 2.45) is 0 Å². The van der Waals surface area contributed by atoms with E-state index in [0.717, 1.165) is 61.0 Å². The summed E-state index contributed by atoms with van der Waals surface area (Å²) in [5, 5.41) is 6.49. The van der Waals surface area contributed by atoms with Crippen LogP contribution in [0.15, 0.2) is 57.4 Å². The van der Waals surface area contributed by atoms with Gasteiger partial charge in [-0.15, -0.1) is 0 Å². The summed E-state index contributed by atoms with van der Waals surface area (Å²) >= 11 is 0. The molecule has 6 nitrogen and oxygen atoms in total. The maximum Gasteiger partial charge on any atom is 0.295 e. The van der Waals surface area contributed by atoms with Crippen molar-refractivity contribution in [1.29, 1.82) is 0 Å². The van der Waals surface area contributed by atoms with Gasteiger partial charge in [0.15, 0.2) is 11.2 Å². The monoisotopic (exact) mass is 350 g/mol. The molecule has 0 aliphatic rings. The van der Waals surface area contributed by atoms with Crippen LogP contribution in [-0.4, -0.2) is 23.1 Å². The fourth-order valence-corrected chi connectivity index (χ4v) is 2.89. The van der Waals surface area contributed by atoms with E-state index < -0.39 is 0 Å². The number of para-hydroxylation sites is 4. The van der Waals surface area contributed by atoms with Gasteiger partial charge in [0.05, 0.1) is 0 Å². The Hall–Kier alpha value is -3.02. The summed E-state index contributed by atoms with van der Waals surface area (Å²) in [6, 6.07) is 16.8. The molecule has 6 heteroatoms. The van der Waals surface area contributed by atoms with Gasteiger partial charge in [0.2, 0.25) is 0 Å². The molecule has 0 radical (unpaired) electrons. The van der Waals surface area contributed by atoms with Crippen LogP contribution in [0.1, 0.15) is 25.7 Å². The normalized spacial score (nSPS) is 11.2. The lowest BCUT2D eigenvalue weighted by Crippen LogP contribution is -2.03. The van der Waals surface area contributed by atoms with Crippen LogP contribution in [0.5, 0.6) is 0 Å². The van der Waals surface area contributed by atoms with Gasteiger partial charge < -0.3 is 19.5 Å². The zero-order chi connectivity index (χ0) is 17.6. The maximum atomic E-state index is 5.64. The minimum atomic E-state index is 0.601. The lowest BCUT2D eigenvalue weighted by atomic mass is 10.2. The summed E-state index contributed by atoms with van der Waals surface area (Å²) in [4.78, 5) is 8.81. The van der Waals surface area contributed by atoms with Crippen molar-refractivity contribution >= 4 is 34.2 Å². The molecule has 2 aromatic heterocycles. The van der Waals surface area contributed by atoms with Gasteiger partial charge in [-0.3, -0.25) is 0 Å². The maximum absolute atomic E-state index is 5.64. The van der Waals surface area contributed by atoms with Crippen molar-refractivity contribution in [2.45, 2.75) is 25.7 Å². The van der Waals surface area contributed by atoms with E-state index in [9.17, 15) is 0 Å². The summed E-state index contributed by atoms with van der Waals surface area (Å²) in [6.45, 7) is 1.73. The van der Waals surface area contributed by atoms with Crippen LogP contribution < -0.4 is 10.6 Å². The Bertz CT molecular complexity index is 830. The van der Waals surface area contributed by atoms with Crippen molar-refractivity contribution < 1.29 is 8.83 Å². The lowest BCUT2D eigenvalue weighted by Gasteiger charge is -2.03. The van der Waals surface area contributed by atoms with Crippen LogP contribution >= 0.6 is 0 Å². The molecule has 0 atom stereocenters. The summed E-state index contributed by atoms with van der Waals surface area (Å²) < 4.78 is 11.3. The van der Waals surface area contributed by atoms with Gasteiger partial charge in [-0.1, -0.05) is 37.1 Å². The number of rotatable bonds is 9. The Balaban J connectivity index is 1.10. The van der Waals surface area contributed by atoms with Gasteiger partial charge >= 0.3 is 0 Å². The number of unbranched alkanes of at least 4 members (excludes halogenated alkanes) is 3. The molecule has 0 bridgehead atoms. The standard InChI is InChI=1S/C20H22N4O2/c1(7-13-21-19-23-15-9-3-5-11-17(15)25-19)2-8-14-22-20-24-16-10-4-6-12-18(16)26-20/h3-6,9-12H,1-2,7-8,13-14H2,(H,21,23)(H,22,24). The first-order valence-electron chi connectivity index (χ1n) is 9.07. The second kappa shape index (κ2) is 7.91. The molecule has 2 aromatic carbocycles. The number of nitrogens with one attached hydrogen (secondary N) is 2. The summed E-state index contributed by atoms with van der Waals surface area (Å²) in [5.74, 6) is 0. The smallest absolute Gasteiger partial charge is 0.295 e. The topological polar surface area (TPSA) is 76.1 Å². The van der Waals surface area contributed by atoms with Crippen LogP contribution in [0.2, 0.25) is 0 Å². The molecule has 4 aromatic rings. The van der Waals surface area contributed by atoms with E-state index in [-0.39, 0.29) is 0 Å². The fraction of sp³-hybridized carbons (Fsp3) is 0.300. The zero-order valence-electron chi connectivity index (χ0n) is 14.6. The molecule has 0 aliphatic carbocycles. The first-order valence-corrected chi connectivity index (χ1v) is 9.07. The molecule has 0 saturated carbocycles. The third-order valence-electron chi connectivity index (χ3n) is 4.24. The van der Waals surface area contributed by atoms with Crippen molar-refractivity contribution in [3.63, 3.8) is 0 Å². The minimum Gasteiger partial charge on any atom is -0.424 e. The van der Waals surface area contributed by atoms with Crippen molar-refractivity contribution in [3.8, 4) is 0 Å². The molecule has 26 heavy (non-hydrogen) atoms. The highest BCUT2D eigenvalue weighted by atomic mass is 16.4. The predicted octanol–water partition coefficient (Wildman–Crippen LogP) is 5.05. The van der Waals surface area contributed by atoms with E-state index in [1.54, 1.807) is 0 Å². The molecule has 0 aliphatic heterocycles. The summed E-state index contributed by atoms with van der Waals surface area (Å²) in [7, 11) is 0. The van der Waals surface area contributed by atoms with Crippen LogP contribution in [0.4, 0.5) is 12.0 Å². The van der Waals surface area contributed by atoms with Crippen LogP contribution in [0.25, 0.3) is 22.2 Å². The third kappa shape index (κ3) is 3.96. The van der Waals surface area contributed by atoms with Crippen LogP contribution in [0, 0.1) is 0 Å². The van der Waals surface area contributed by atoms with E-state index in [2.05, 4.69) is 20.6 Å². The molecule has 0 fully saturated rings. The van der Waals surface area contributed by atoms with E-state index in [4.69, 9.17) is 8.83 Å². The molecule has 4 rings (SSSR count). The molecule has 0 amide bonds. The van der Waals surface area contributed by atoms with Gasteiger partial charge in [0.1, 0.15) is 11.0 Å². The van der Waals surface area contributed by atoms with Crippen molar-refractivity contribution in [3.05, 3.63) is 48.5 Å². The highest BCUT2D eigenvalue weighted by Crippen LogP contribution is 2.19. The molecule has 0 unspecified atom stereocenters. The molecule has 2 N–H and O–H groups in total. The summed E-state index contributed by atoms with van der Waals surface area (Å²) in [5.41, 5.74) is 3.42. The SMILES string of the molecule is c1ccc2oc(NCCCCCCNc3nc4ccccc4o3)nc2c1. The van der Waals surface area contributed by atoms with Gasteiger partial charge in [-0.05, 0) is 37.1 Å². The Kier molecular flexibility index (Phi) is 5.00. The minimum absolute atomic E-state index is 0.601. The molecule has 134 valence electrons. The second-order valence-electron chi connectivity index (χ2n) is 6.24. The molecule has 0 saturated heterocycles. The number of hydrogen-bond acceptors (Lipinski definition) is 6. The fourth-order valence-electron chi connectivity index (χ4n) is 2.89. The Labute approximate surface area is 151 Å². The van der Waals surface area contributed by atoms with Gasteiger partial charge in [0.25, 0.3) is 12.0 Å². The molecule has 2 heterocycles. The zero-order valence-corrected chi connectivity index (χ0v) is 14.6. The Morgan fingerprint density at radius 1 is 0.615 bits per heavy atom. The van der Waals surface area contributed by atoms with Crippen molar-refractivity contribution in [2.75, 3.05) is 23.7 Å². The van der Waals surface area contributed by atoms with E-state index in [1.165, 1.54) is 0 Å². The highest BCUT2D eigenvalue weighted by Gasteiger charge is 2.04. The molecule has 0 spiro atoms. The van der Waals surface area contributed by atoms with E-state index >= 15 is 0 Å². The quantitative estimate of drug-likeness (QED) is 0.411. The van der Waals surface area contributed by atoms with Gasteiger partial charge in [0, 0.05) is 13.1 Å². The summed E-state index contributed by atoms with van der Waals surface area (Å²) in [6.07, 6.45) is 4.48. The number of oxazole rings is 2. The van der Waals surface area contributed by atoms with Crippen LogP contribution in [-0.2, 0) is 0 Å². The number of benzene rings is 2. The van der Waals surface area contributed by atoms with E-state index in [1.807, 2.05) is 48.5 Å². The number of nitrogens with zero attached hydrogens (tertiary/aromatic N) is 2. The van der Waals surface area contributed by atoms with Crippen LogP contribution in [0.3, 0.4) is 0 Å². The van der Waals surface area contributed by atoms with Gasteiger partial charge in [-0.25, -0.2) is 0 Å². The van der Waals surface area contributed by atoms with E-state index in [0.29, 0.717) is 12.0 Å². The molecular formula is C20H22N4O2. The highest BCUT2D eigenvalue weighted by molar-refractivity contribution is 5.74. The number of aromatic nitrogens is 2. The largest absolute Gasteiger partial charge is 0.424 e. The predicted molar refractivity (Wildman–Crippen MR) is 103 cm³/mol. The first kappa shape index (κ1) is 16.4.